The van der Waals surface area contributed by atoms with E-state index in [0.717, 1.165) is 60.6 Å². The Morgan fingerprint density at radius 1 is 0.893 bits per heavy atom. The Morgan fingerprint density at radius 2 is 1.54 bits per heavy atom. The van der Waals surface area contributed by atoms with Crippen LogP contribution in [0, 0.1) is 0 Å². The van der Waals surface area contributed by atoms with E-state index in [-0.39, 0.29) is 6.10 Å². The van der Waals surface area contributed by atoms with Crippen LogP contribution in [0.25, 0.3) is 0 Å². The third-order valence-electron chi connectivity index (χ3n) is 4.22. The third kappa shape index (κ3) is 9.54. The van der Waals surface area contributed by atoms with Gasteiger partial charge in [0, 0.05) is 53.7 Å². The molecule has 0 aliphatic carbocycles. The normalized spacial score (nSPS) is 20.4. The molecule has 4 heterocycles. The molecule has 28 heavy (non-hydrogen) atoms. The number of hydrogen-bond donors (Lipinski definition) is 0. The maximum Gasteiger partial charge on any atom is 0.112 e. The molecule has 0 saturated carbocycles. The number of aromatic nitrogens is 2. The summed E-state index contributed by atoms with van der Waals surface area (Å²) < 4.78 is 12.9. The zero-order valence-corrected chi connectivity index (χ0v) is 19.6. The van der Waals surface area contributed by atoms with Crippen LogP contribution in [0.3, 0.4) is 0 Å². The van der Waals surface area contributed by atoms with E-state index in [1.54, 1.807) is 18.6 Å². The summed E-state index contributed by atoms with van der Waals surface area (Å²) in [5.74, 6) is 0. The molecular weight excluding hydrogens is 488 g/mol. The second kappa shape index (κ2) is 13.3. The van der Waals surface area contributed by atoms with Crippen LogP contribution >= 0.6 is 31.9 Å². The van der Waals surface area contributed by atoms with Gasteiger partial charge in [-0.2, -0.15) is 0 Å². The molecule has 2 aliphatic heterocycles. The van der Waals surface area contributed by atoms with Crippen LogP contribution in [0.2, 0.25) is 0 Å². The molecule has 2 aromatic rings. The zero-order chi connectivity index (χ0) is 20.2. The molecule has 2 fully saturated rings. The number of halogens is 2. The van der Waals surface area contributed by atoms with Crippen LogP contribution in [-0.2, 0) is 9.47 Å². The molecule has 0 spiro atoms. The SMILES string of the molecule is Brc1ccncc1.CN1CCOC(c2cc(Br)ccn2)C1.CN1CCOCC1. The van der Waals surface area contributed by atoms with Crippen LogP contribution in [0.1, 0.15) is 11.8 Å². The van der Waals surface area contributed by atoms with Gasteiger partial charge in [0.15, 0.2) is 0 Å². The lowest BCUT2D eigenvalue weighted by molar-refractivity contribution is -0.0231. The highest BCUT2D eigenvalue weighted by Gasteiger charge is 2.20. The molecule has 1 unspecified atom stereocenters. The van der Waals surface area contributed by atoms with Gasteiger partial charge in [0.1, 0.15) is 6.10 Å². The highest BCUT2D eigenvalue weighted by Crippen LogP contribution is 2.21. The Balaban J connectivity index is 0.000000168. The van der Waals surface area contributed by atoms with Crippen LogP contribution in [-0.4, -0.2) is 79.9 Å². The fourth-order valence-electron chi connectivity index (χ4n) is 2.54. The predicted molar refractivity (Wildman–Crippen MR) is 118 cm³/mol. The zero-order valence-electron chi connectivity index (χ0n) is 16.4. The van der Waals surface area contributed by atoms with Crippen molar-refractivity contribution in [3.05, 3.63) is 57.5 Å². The van der Waals surface area contributed by atoms with Crippen molar-refractivity contribution in [2.75, 3.05) is 60.1 Å². The van der Waals surface area contributed by atoms with Crippen molar-refractivity contribution in [1.29, 1.82) is 0 Å². The fourth-order valence-corrected chi connectivity index (χ4v) is 3.13. The van der Waals surface area contributed by atoms with E-state index < -0.39 is 0 Å². The van der Waals surface area contributed by atoms with Gasteiger partial charge < -0.3 is 19.3 Å². The minimum Gasteiger partial charge on any atom is -0.379 e. The summed E-state index contributed by atoms with van der Waals surface area (Å²) in [5, 5.41) is 0. The van der Waals surface area contributed by atoms with E-state index in [4.69, 9.17) is 9.47 Å². The Labute approximate surface area is 184 Å². The van der Waals surface area contributed by atoms with Gasteiger partial charge in [-0.25, -0.2) is 0 Å². The summed E-state index contributed by atoms with van der Waals surface area (Å²) in [4.78, 5) is 12.7. The standard InChI is InChI=1S/C10H13BrN2O.C5H4BrN.C5H11NO/c1-13-4-5-14-10(7-13)9-6-8(11)2-3-12-9;6-5-1-3-7-4-2-5;1-6-2-4-7-5-3-6/h2-3,6,10H,4-5,7H2,1H3;1-4H;2-5H2,1H3. The smallest absolute Gasteiger partial charge is 0.112 e. The van der Waals surface area contributed by atoms with Gasteiger partial charge in [-0.3, -0.25) is 9.97 Å². The maximum atomic E-state index is 5.66. The minimum atomic E-state index is 0.117. The first-order valence-electron chi connectivity index (χ1n) is 9.28. The Kier molecular flexibility index (Phi) is 11.1. The molecule has 8 heteroatoms. The summed E-state index contributed by atoms with van der Waals surface area (Å²) in [7, 11) is 4.22. The van der Waals surface area contributed by atoms with Crippen molar-refractivity contribution in [3.8, 4) is 0 Å². The second-order valence-electron chi connectivity index (χ2n) is 6.60. The summed E-state index contributed by atoms with van der Waals surface area (Å²) >= 11 is 6.71. The van der Waals surface area contributed by atoms with E-state index in [1.165, 1.54) is 0 Å². The summed E-state index contributed by atoms with van der Waals surface area (Å²) in [6, 6.07) is 7.72. The molecule has 6 nitrogen and oxygen atoms in total. The first kappa shape index (κ1) is 23.4. The number of ether oxygens (including phenoxy) is 2. The molecule has 0 radical (unpaired) electrons. The quantitative estimate of drug-likeness (QED) is 0.578. The van der Waals surface area contributed by atoms with Gasteiger partial charge in [0.05, 0.1) is 25.5 Å². The lowest BCUT2D eigenvalue weighted by atomic mass is 10.2. The van der Waals surface area contributed by atoms with Crippen molar-refractivity contribution in [2.45, 2.75) is 6.10 Å². The molecular formula is C20H28Br2N4O2. The Hall–Kier alpha value is -0.900. The maximum absolute atomic E-state index is 5.66. The number of likely N-dealkylation sites (N-methyl/N-ethyl adjacent to an activating group) is 2. The number of hydrogen-bond acceptors (Lipinski definition) is 6. The lowest BCUT2D eigenvalue weighted by Gasteiger charge is -2.29. The molecule has 2 aromatic heterocycles. The van der Waals surface area contributed by atoms with Crippen molar-refractivity contribution < 1.29 is 9.47 Å². The lowest BCUT2D eigenvalue weighted by Crippen LogP contribution is -2.35. The van der Waals surface area contributed by atoms with Crippen LogP contribution in [0.5, 0.6) is 0 Å². The van der Waals surface area contributed by atoms with Crippen molar-refractivity contribution in [1.82, 2.24) is 19.8 Å². The van der Waals surface area contributed by atoms with Gasteiger partial charge in [0.25, 0.3) is 0 Å². The van der Waals surface area contributed by atoms with Crippen LogP contribution in [0.15, 0.2) is 51.8 Å². The molecule has 0 N–H and O–H groups in total. The summed E-state index contributed by atoms with van der Waals surface area (Å²) in [6.45, 7) is 6.73. The number of rotatable bonds is 1. The van der Waals surface area contributed by atoms with Crippen molar-refractivity contribution in [3.63, 3.8) is 0 Å². The van der Waals surface area contributed by atoms with Crippen molar-refractivity contribution in [2.24, 2.45) is 0 Å². The summed E-state index contributed by atoms with van der Waals surface area (Å²) in [6.07, 6.45) is 5.40. The highest BCUT2D eigenvalue weighted by atomic mass is 79.9. The number of morpholine rings is 2. The molecule has 0 amide bonds. The molecule has 1 atom stereocenters. The number of nitrogens with zero attached hydrogens (tertiary/aromatic N) is 4. The average molecular weight is 516 g/mol. The van der Waals surface area contributed by atoms with Gasteiger partial charge in [-0.15, -0.1) is 0 Å². The molecule has 2 aliphatic rings. The Morgan fingerprint density at radius 3 is 2.04 bits per heavy atom. The highest BCUT2D eigenvalue weighted by molar-refractivity contribution is 9.10. The van der Waals surface area contributed by atoms with Crippen LogP contribution < -0.4 is 0 Å². The van der Waals surface area contributed by atoms with Gasteiger partial charge in [-0.1, -0.05) is 31.9 Å². The monoisotopic (exact) mass is 514 g/mol. The average Bonchev–Trinajstić information content (AvgIpc) is 2.70. The van der Waals surface area contributed by atoms with Crippen molar-refractivity contribution >= 4 is 31.9 Å². The Bertz CT molecular complexity index is 672. The van der Waals surface area contributed by atoms with E-state index >= 15 is 0 Å². The fraction of sp³-hybridized carbons (Fsp3) is 0.500. The van der Waals surface area contributed by atoms with E-state index in [9.17, 15) is 0 Å². The molecule has 154 valence electrons. The first-order valence-corrected chi connectivity index (χ1v) is 10.9. The number of pyridine rings is 2. The third-order valence-corrected chi connectivity index (χ3v) is 5.24. The first-order chi connectivity index (χ1) is 13.5. The second-order valence-corrected chi connectivity index (χ2v) is 8.43. The van der Waals surface area contributed by atoms with Crippen LogP contribution in [0.4, 0.5) is 0 Å². The molecule has 0 aromatic carbocycles. The largest absolute Gasteiger partial charge is 0.379 e. The summed E-state index contributed by atoms with van der Waals surface area (Å²) in [5.41, 5.74) is 1.01. The predicted octanol–water partition coefficient (Wildman–Crippen LogP) is 3.64. The van der Waals surface area contributed by atoms with E-state index in [2.05, 4.69) is 65.7 Å². The van der Waals surface area contributed by atoms with Gasteiger partial charge >= 0.3 is 0 Å². The topological polar surface area (TPSA) is 50.7 Å². The molecule has 2 saturated heterocycles. The van der Waals surface area contributed by atoms with E-state index in [1.807, 2.05) is 24.3 Å². The molecule has 0 bridgehead atoms. The minimum absolute atomic E-state index is 0.117. The van der Waals surface area contributed by atoms with Gasteiger partial charge in [0.2, 0.25) is 0 Å². The van der Waals surface area contributed by atoms with Gasteiger partial charge in [-0.05, 0) is 38.4 Å². The molecule has 4 rings (SSSR count). The van der Waals surface area contributed by atoms with E-state index in [0.29, 0.717) is 0 Å².